The first kappa shape index (κ1) is 12.4. The molecule has 1 unspecified atom stereocenters. The summed E-state index contributed by atoms with van der Waals surface area (Å²) < 4.78 is 18.1. The predicted molar refractivity (Wildman–Crippen MR) is 71.3 cm³/mol. The molecule has 18 heavy (non-hydrogen) atoms. The third kappa shape index (κ3) is 2.45. The van der Waals surface area contributed by atoms with Gasteiger partial charge in [0, 0.05) is 11.6 Å². The van der Waals surface area contributed by atoms with Crippen molar-refractivity contribution >= 4 is 5.69 Å². The van der Waals surface area contributed by atoms with Gasteiger partial charge in [-0.1, -0.05) is 19.1 Å². The van der Waals surface area contributed by atoms with Gasteiger partial charge < -0.3 is 10.5 Å². The van der Waals surface area contributed by atoms with Gasteiger partial charge in [-0.05, 0) is 41.5 Å². The van der Waals surface area contributed by atoms with Crippen molar-refractivity contribution in [2.45, 2.75) is 12.8 Å². The van der Waals surface area contributed by atoms with Crippen molar-refractivity contribution in [3.05, 3.63) is 59.4 Å². The molecule has 2 nitrogen and oxygen atoms in total. The van der Waals surface area contributed by atoms with Crippen molar-refractivity contribution in [1.29, 1.82) is 0 Å². The van der Waals surface area contributed by atoms with E-state index in [2.05, 4.69) is 0 Å². The normalized spacial score (nSPS) is 12.2. The Kier molecular flexibility index (Phi) is 3.51. The highest BCUT2D eigenvalue weighted by Gasteiger charge is 2.12. The van der Waals surface area contributed by atoms with E-state index in [0.29, 0.717) is 5.69 Å². The standard InChI is InChI=1S/C15H16FNO/c1-10(11-3-5-12(16)6-4-11)14-9-13(18-2)7-8-15(14)17/h3-10H,17H2,1-2H3. The summed E-state index contributed by atoms with van der Waals surface area (Å²) in [6, 6.07) is 12.1. The van der Waals surface area contributed by atoms with Crippen LogP contribution in [0.4, 0.5) is 10.1 Å². The Morgan fingerprint density at radius 3 is 2.39 bits per heavy atom. The Bertz CT molecular complexity index is 537. The maximum Gasteiger partial charge on any atom is 0.123 e. The van der Waals surface area contributed by atoms with Gasteiger partial charge in [0.15, 0.2) is 0 Å². The summed E-state index contributed by atoms with van der Waals surface area (Å²) in [5.74, 6) is 0.637. The van der Waals surface area contributed by atoms with Crippen LogP contribution in [0.5, 0.6) is 5.75 Å². The summed E-state index contributed by atoms with van der Waals surface area (Å²) in [7, 11) is 1.62. The Labute approximate surface area is 106 Å². The van der Waals surface area contributed by atoms with Gasteiger partial charge in [-0.15, -0.1) is 0 Å². The molecule has 0 heterocycles. The van der Waals surface area contributed by atoms with Gasteiger partial charge in [0.1, 0.15) is 11.6 Å². The van der Waals surface area contributed by atoms with E-state index in [1.807, 2.05) is 25.1 Å². The van der Waals surface area contributed by atoms with Gasteiger partial charge in [-0.2, -0.15) is 0 Å². The topological polar surface area (TPSA) is 35.2 Å². The van der Waals surface area contributed by atoms with Crippen LogP contribution >= 0.6 is 0 Å². The molecule has 0 saturated heterocycles. The zero-order valence-corrected chi connectivity index (χ0v) is 10.5. The van der Waals surface area contributed by atoms with Gasteiger partial charge in [0.2, 0.25) is 0 Å². The van der Waals surface area contributed by atoms with Crippen molar-refractivity contribution in [1.82, 2.24) is 0 Å². The quantitative estimate of drug-likeness (QED) is 0.839. The average molecular weight is 245 g/mol. The molecule has 2 rings (SSSR count). The Morgan fingerprint density at radius 2 is 1.78 bits per heavy atom. The molecule has 0 spiro atoms. The molecule has 2 aromatic carbocycles. The van der Waals surface area contributed by atoms with Gasteiger partial charge in [0.25, 0.3) is 0 Å². The lowest BCUT2D eigenvalue weighted by molar-refractivity contribution is 0.414. The molecule has 94 valence electrons. The van der Waals surface area contributed by atoms with Crippen LogP contribution in [0.25, 0.3) is 0 Å². The molecule has 0 amide bonds. The highest BCUT2D eigenvalue weighted by atomic mass is 19.1. The van der Waals surface area contributed by atoms with Crippen molar-refractivity contribution in [2.24, 2.45) is 0 Å². The molecule has 0 aliphatic carbocycles. The molecular weight excluding hydrogens is 229 g/mol. The molecule has 3 heteroatoms. The van der Waals surface area contributed by atoms with E-state index in [0.717, 1.165) is 16.9 Å². The number of rotatable bonds is 3. The molecule has 0 aromatic heterocycles. The largest absolute Gasteiger partial charge is 0.497 e. The smallest absolute Gasteiger partial charge is 0.123 e. The summed E-state index contributed by atoms with van der Waals surface area (Å²) in [5.41, 5.74) is 8.71. The van der Waals surface area contributed by atoms with Crippen molar-refractivity contribution in [2.75, 3.05) is 12.8 Å². The van der Waals surface area contributed by atoms with Crippen LogP contribution in [-0.4, -0.2) is 7.11 Å². The molecule has 0 aliphatic heterocycles. The van der Waals surface area contributed by atoms with Crippen molar-refractivity contribution in [3.63, 3.8) is 0 Å². The number of hydrogen-bond donors (Lipinski definition) is 1. The second-order valence-corrected chi connectivity index (χ2v) is 4.27. The van der Waals surface area contributed by atoms with E-state index in [4.69, 9.17) is 10.5 Å². The zero-order chi connectivity index (χ0) is 13.1. The van der Waals surface area contributed by atoms with E-state index in [1.165, 1.54) is 12.1 Å². The lowest BCUT2D eigenvalue weighted by Gasteiger charge is -2.16. The summed E-state index contributed by atoms with van der Waals surface area (Å²) in [6.07, 6.45) is 0. The summed E-state index contributed by atoms with van der Waals surface area (Å²) in [4.78, 5) is 0. The fourth-order valence-electron chi connectivity index (χ4n) is 1.99. The van der Waals surface area contributed by atoms with Gasteiger partial charge in [0.05, 0.1) is 7.11 Å². The van der Waals surface area contributed by atoms with Crippen LogP contribution in [0, 0.1) is 5.82 Å². The van der Waals surface area contributed by atoms with Gasteiger partial charge in [-0.3, -0.25) is 0 Å². The lowest BCUT2D eigenvalue weighted by Crippen LogP contribution is -2.02. The molecule has 2 aromatic rings. The van der Waals surface area contributed by atoms with E-state index in [1.54, 1.807) is 19.2 Å². The first-order valence-corrected chi connectivity index (χ1v) is 5.80. The number of methoxy groups -OCH3 is 1. The first-order chi connectivity index (χ1) is 8.61. The molecule has 1 atom stereocenters. The van der Waals surface area contributed by atoms with Crippen LogP contribution in [0.3, 0.4) is 0 Å². The van der Waals surface area contributed by atoms with Crippen LogP contribution in [0.2, 0.25) is 0 Å². The average Bonchev–Trinajstić information content (AvgIpc) is 2.39. The predicted octanol–water partition coefficient (Wildman–Crippen LogP) is 3.57. The Morgan fingerprint density at radius 1 is 1.11 bits per heavy atom. The van der Waals surface area contributed by atoms with Crippen LogP contribution < -0.4 is 10.5 Å². The second kappa shape index (κ2) is 5.08. The van der Waals surface area contributed by atoms with E-state index in [9.17, 15) is 4.39 Å². The minimum absolute atomic E-state index is 0.0979. The first-order valence-electron chi connectivity index (χ1n) is 5.80. The van der Waals surface area contributed by atoms with Crippen molar-refractivity contribution in [3.8, 4) is 5.75 Å². The molecular formula is C15H16FNO. The van der Waals surface area contributed by atoms with Crippen LogP contribution in [-0.2, 0) is 0 Å². The number of hydrogen-bond acceptors (Lipinski definition) is 2. The maximum absolute atomic E-state index is 12.9. The minimum atomic E-state index is -0.232. The monoisotopic (exact) mass is 245 g/mol. The van der Waals surface area contributed by atoms with E-state index in [-0.39, 0.29) is 11.7 Å². The number of ether oxygens (including phenoxy) is 1. The summed E-state index contributed by atoms with van der Waals surface area (Å²) >= 11 is 0. The maximum atomic E-state index is 12.9. The highest BCUT2D eigenvalue weighted by molar-refractivity contribution is 5.54. The lowest BCUT2D eigenvalue weighted by atomic mass is 9.92. The minimum Gasteiger partial charge on any atom is -0.497 e. The number of anilines is 1. The second-order valence-electron chi connectivity index (χ2n) is 4.27. The van der Waals surface area contributed by atoms with Gasteiger partial charge >= 0.3 is 0 Å². The third-order valence-electron chi connectivity index (χ3n) is 3.13. The van der Waals surface area contributed by atoms with E-state index >= 15 is 0 Å². The van der Waals surface area contributed by atoms with Crippen molar-refractivity contribution < 1.29 is 9.13 Å². The van der Waals surface area contributed by atoms with E-state index < -0.39 is 0 Å². The van der Waals surface area contributed by atoms with Crippen LogP contribution in [0.15, 0.2) is 42.5 Å². The molecule has 2 N–H and O–H groups in total. The molecule has 0 bridgehead atoms. The third-order valence-corrected chi connectivity index (χ3v) is 3.13. The molecule has 0 radical (unpaired) electrons. The molecule has 0 aliphatic rings. The zero-order valence-electron chi connectivity index (χ0n) is 10.5. The Hall–Kier alpha value is -2.03. The molecule has 0 saturated carbocycles. The number of halogens is 1. The van der Waals surface area contributed by atoms with Gasteiger partial charge in [-0.25, -0.2) is 4.39 Å². The number of nitrogen functional groups attached to an aromatic ring is 1. The highest BCUT2D eigenvalue weighted by Crippen LogP contribution is 2.31. The fourth-order valence-corrected chi connectivity index (χ4v) is 1.99. The SMILES string of the molecule is COc1ccc(N)c(C(C)c2ccc(F)cc2)c1. The Balaban J connectivity index is 2.38. The molecule has 0 fully saturated rings. The number of nitrogens with two attached hydrogens (primary N) is 1. The fraction of sp³-hybridized carbons (Fsp3) is 0.200. The summed E-state index contributed by atoms with van der Waals surface area (Å²) in [6.45, 7) is 2.04. The van der Waals surface area contributed by atoms with Crippen LogP contribution in [0.1, 0.15) is 24.0 Å². The number of benzene rings is 2. The summed E-state index contributed by atoms with van der Waals surface area (Å²) in [5, 5.41) is 0.